The molecule has 3 aromatic rings. The van der Waals surface area contributed by atoms with Crippen molar-refractivity contribution in [2.45, 2.75) is 32.6 Å². The molecule has 2 N–H and O–H groups in total. The van der Waals surface area contributed by atoms with Gasteiger partial charge in [-0.1, -0.05) is 0 Å². The largest absolute Gasteiger partial charge is 0.505 e. The van der Waals surface area contributed by atoms with Crippen molar-refractivity contribution in [3.8, 4) is 17.2 Å². The molecule has 0 aliphatic heterocycles. The van der Waals surface area contributed by atoms with Crippen molar-refractivity contribution >= 4 is 11.6 Å². The van der Waals surface area contributed by atoms with Gasteiger partial charge < -0.3 is 15.2 Å². The number of aromatic hydroxyl groups is 1. The lowest BCUT2D eigenvalue weighted by Crippen LogP contribution is -2.14. The first kappa shape index (κ1) is 19.9. The van der Waals surface area contributed by atoms with Crippen LogP contribution in [0.5, 0.6) is 17.2 Å². The minimum atomic E-state index is -0.770. The number of aryl methyl sites for hydroxylation is 2. The third-order valence-electron chi connectivity index (χ3n) is 5.19. The van der Waals surface area contributed by atoms with Gasteiger partial charge in [-0.25, -0.2) is 8.78 Å². The summed E-state index contributed by atoms with van der Waals surface area (Å²) in [6.07, 6.45) is 2.19. The van der Waals surface area contributed by atoms with Crippen molar-refractivity contribution in [2.24, 2.45) is 0 Å². The van der Waals surface area contributed by atoms with Crippen LogP contribution < -0.4 is 10.1 Å². The van der Waals surface area contributed by atoms with E-state index in [2.05, 4.69) is 5.32 Å². The highest BCUT2D eigenvalue weighted by molar-refractivity contribution is 6.06. The third kappa shape index (κ3) is 4.13. The van der Waals surface area contributed by atoms with Crippen LogP contribution in [-0.4, -0.2) is 11.0 Å². The SMILES string of the molecule is Cc1cc(F)ccc1Oc1cc(C2CC2)c(C)cc1C(=O)Nc1ccc(F)c(O)c1. The maximum atomic E-state index is 13.5. The molecule has 0 heterocycles. The first-order valence-corrected chi connectivity index (χ1v) is 9.70. The van der Waals surface area contributed by atoms with E-state index in [1.807, 2.05) is 13.0 Å². The lowest BCUT2D eigenvalue weighted by molar-refractivity contribution is 0.102. The van der Waals surface area contributed by atoms with E-state index in [1.165, 1.54) is 24.3 Å². The molecule has 154 valence electrons. The van der Waals surface area contributed by atoms with Crippen molar-refractivity contribution in [3.05, 3.63) is 82.4 Å². The van der Waals surface area contributed by atoms with Crippen molar-refractivity contribution in [3.63, 3.8) is 0 Å². The Morgan fingerprint density at radius 1 is 1.00 bits per heavy atom. The summed E-state index contributed by atoms with van der Waals surface area (Å²) >= 11 is 0. The molecule has 0 aromatic heterocycles. The van der Waals surface area contributed by atoms with Gasteiger partial charge in [-0.05, 0) is 91.8 Å². The monoisotopic (exact) mass is 409 g/mol. The average Bonchev–Trinajstić information content (AvgIpc) is 3.53. The molecule has 1 saturated carbocycles. The minimum Gasteiger partial charge on any atom is -0.505 e. The quantitative estimate of drug-likeness (QED) is 0.527. The molecular formula is C24H21F2NO3. The van der Waals surface area contributed by atoms with Gasteiger partial charge in [0.05, 0.1) is 5.56 Å². The summed E-state index contributed by atoms with van der Waals surface area (Å²) in [4.78, 5) is 13.0. The first-order valence-electron chi connectivity index (χ1n) is 9.70. The number of phenols is 1. The smallest absolute Gasteiger partial charge is 0.259 e. The molecule has 0 saturated heterocycles. The Hall–Kier alpha value is -3.41. The highest BCUT2D eigenvalue weighted by Gasteiger charge is 2.28. The highest BCUT2D eigenvalue weighted by Crippen LogP contribution is 2.44. The Morgan fingerprint density at radius 3 is 2.43 bits per heavy atom. The van der Waals surface area contributed by atoms with Crippen LogP contribution in [0.4, 0.5) is 14.5 Å². The van der Waals surface area contributed by atoms with E-state index in [9.17, 15) is 18.7 Å². The number of rotatable bonds is 5. The van der Waals surface area contributed by atoms with E-state index >= 15 is 0 Å². The molecule has 0 spiro atoms. The van der Waals surface area contributed by atoms with Crippen LogP contribution in [0.15, 0.2) is 48.5 Å². The molecule has 4 rings (SSSR count). The predicted molar refractivity (Wildman–Crippen MR) is 110 cm³/mol. The van der Waals surface area contributed by atoms with Gasteiger partial charge in [0.25, 0.3) is 5.91 Å². The molecule has 1 aliphatic rings. The molecule has 0 unspecified atom stereocenters. The van der Waals surface area contributed by atoms with Crippen molar-refractivity contribution in [1.82, 2.24) is 0 Å². The molecule has 0 radical (unpaired) electrons. The molecule has 1 aliphatic carbocycles. The number of amides is 1. The Bertz CT molecular complexity index is 1140. The molecule has 1 fully saturated rings. The predicted octanol–water partition coefficient (Wildman–Crippen LogP) is 6.21. The number of benzene rings is 3. The second-order valence-electron chi connectivity index (χ2n) is 7.61. The zero-order valence-electron chi connectivity index (χ0n) is 16.6. The summed E-state index contributed by atoms with van der Waals surface area (Å²) in [5.41, 5.74) is 3.27. The third-order valence-corrected chi connectivity index (χ3v) is 5.19. The molecule has 0 bridgehead atoms. The fraction of sp³-hybridized carbons (Fsp3) is 0.208. The number of ether oxygens (including phenoxy) is 1. The average molecular weight is 409 g/mol. The van der Waals surface area contributed by atoms with E-state index in [0.29, 0.717) is 28.5 Å². The van der Waals surface area contributed by atoms with Gasteiger partial charge in [0.2, 0.25) is 0 Å². The van der Waals surface area contributed by atoms with E-state index in [1.54, 1.807) is 13.0 Å². The van der Waals surface area contributed by atoms with Gasteiger partial charge >= 0.3 is 0 Å². The zero-order valence-corrected chi connectivity index (χ0v) is 16.6. The van der Waals surface area contributed by atoms with Gasteiger partial charge in [-0.3, -0.25) is 4.79 Å². The van der Waals surface area contributed by atoms with Gasteiger partial charge in [-0.15, -0.1) is 0 Å². The molecule has 6 heteroatoms. The van der Waals surface area contributed by atoms with Gasteiger partial charge in [0.15, 0.2) is 11.6 Å². The minimum absolute atomic E-state index is 0.256. The van der Waals surface area contributed by atoms with Crippen LogP contribution in [0.25, 0.3) is 0 Å². The summed E-state index contributed by atoms with van der Waals surface area (Å²) in [6, 6.07) is 11.4. The van der Waals surface area contributed by atoms with Gasteiger partial charge in [0.1, 0.15) is 17.3 Å². The number of carbonyl (C=O) groups is 1. The second-order valence-corrected chi connectivity index (χ2v) is 7.61. The van der Waals surface area contributed by atoms with Gasteiger partial charge in [0, 0.05) is 11.8 Å². The Balaban J connectivity index is 1.70. The van der Waals surface area contributed by atoms with Crippen LogP contribution in [0.2, 0.25) is 0 Å². The molecule has 0 atom stereocenters. The molecular weight excluding hydrogens is 388 g/mol. The highest BCUT2D eigenvalue weighted by atomic mass is 19.1. The lowest BCUT2D eigenvalue weighted by Gasteiger charge is -2.16. The maximum absolute atomic E-state index is 13.5. The number of anilines is 1. The van der Waals surface area contributed by atoms with Crippen LogP contribution >= 0.6 is 0 Å². The van der Waals surface area contributed by atoms with Crippen LogP contribution in [0.3, 0.4) is 0 Å². The molecule has 30 heavy (non-hydrogen) atoms. The lowest BCUT2D eigenvalue weighted by atomic mass is 9.99. The second kappa shape index (κ2) is 7.78. The summed E-state index contributed by atoms with van der Waals surface area (Å²) in [5.74, 6) is -0.873. The van der Waals surface area contributed by atoms with Gasteiger partial charge in [-0.2, -0.15) is 0 Å². The maximum Gasteiger partial charge on any atom is 0.259 e. The van der Waals surface area contributed by atoms with Crippen molar-refractivity contribution in [1.29, 1.82) is 0 Å². The zero-order chi connectivity index (χ0) is 21.4. The summed E-state index contributed by atoms with van der Waals surface area (Å²) in [7, 11) is 0. The van der Waals surface area contributed by atoms with Crippen LogP contribution in [0.1, 0.15) is 45.8 Å². The Morgan fingerprint density at radius 2 is 1.77 bits per heavy atom. The number of hydrogen-bond acceptors (Lipinski definition) is 3. The number of phenolic OH excluding ortho intramolecular Hbond substituents is 1. The summed E-state index contributed by atoms with van der Waals surface area (Å²) < 4.78 is 32.8. The number of hydrogen-bond donors (Lipinski definition) is 2. The van der Waals surface area contributed by atoms with Crippen LogP contribution in [0, 0.1) is 25.5 Å². The standard InChI is InChI=1S/C24H21F2NO3/c1-13-10-19(24(29)27-17-6-7-20(26)21(28)11-17)23(12-18(13)15-3-4-15)30-22-8-5-16(25)9-14(22)2/h5-12,15,28H,3-4H2,1-2H3,(H,27,29). The van der Waals surface area contributed by atoms with E-state index < -0.39 is 17.5 Å². The summed E-state index contributed by atoms with van der Waals surface area (Å²) in [5, 5.41) is 12.2. The van der Waals surface area contributed by atoms with E-state index in [4.69, 9.17) is 4.74 Å². The normalized spacial score (nSPS) is 13.2. The van der Waals surface area contributed by atoms with Crippen LogP contribution in [-0.2, 0) is 0 Å². The van der Waals surface area contributed by atoms with Crippen molar-refractivity contribution < 1.29 is 23.4 Å². The number of carbonyl (C=O) groups excluding carboxylic acids is 1. The fourth-order valence-corrected chi connectivity index (χ4v) is 3.43. The molecule has 1 amide bonds. The molecule has 4 nitrogen and oxygen atoms in total. The number of halogens is 2. The topological polar surface area (TPSA) is 58.6 Å². The Kier molecular flexibility index (Phi) is 5.16. The molecule has 3 aromatic carbocycles. The van der Waals surface area contributed by atoms with E-state index in [0.717, 1.165) is 36.1 Å². The Labute approximate surface area is 173 Å². The van der Waals surface area contributed by atoms with E-state index in [-0.39, 0.29) is 11.5 Å². The summed E-state index contributed by atoms with van der Waals surface area (Å²) in [6.45, 7) is 3.68. The van der Waals surface area contributed by atoms with Crippen molar-refractivity contribution in [2.75, 3.05) is 5.32 Å². The fourth-order valence-electron chi connectivity index (χ4n) is 3.43. The number of nitrogens with one attached hydrogen (secondary N) is 1. The first-order chi connectivity index (χ1) is 14.3.